The molecule has 2 N–H and O–H groups in total. The minimum Gasteiger partial charge on any atom is -0.493 e. The molecular formula is C26H27ClN2O3. The quantitative estimate of drug-likeness (QED) is 0.471. The molecule has 3 aromatic carbocycles. The van der Waals surface area contributed by atoms with E-state index in [-0.39, 0.29) is 11.9 Å². The van der Waals surface area contributed by atoms with Crippen LogP contribution < -0.4 is 20.1 Å². The number of carbonyl (C=O) groups excluding carboxylic acids is 1. The Labute approximate surface area is 194 Å². The number of ether oxygens (including phenoxy) is 2. The monoisotopic (exact) mass is 450 g/mol. The van der Waals surface area contributed by atoms with Gasteiger partial charge in [-0.1, -0.05) is 72.3 Å². The molecule has 0 spiro atoms. The Hall–Kier alpha value is -3.28. The lowest BCUT2D eigenvalue weighted by atomic mass is 10.00. The van der Waals surface area contributed by atoms with E-state index in [0.29, 0.717) is 16.5 Å². The molecule has 0 aliphatic rings. The van der Waals surface area contributed by atoms with E-state index >= 15 is 0 Å². The second-order valence-electron chi connectivity index (χ2n) is 7.13. The van der Waals surface area contributed by atoms with Gasteiger partial charge >= 0.3 is 0 Å². The van der Waals surface area contributed by atoms with E-state index in [1.807, 2.05) is 84.9 Å². The molecule has 32 heavy (non-hydrogen) atoms. The molecule has 0 heterocycles. The van der Waals surface area contributed by atoms with Gasteiger partial charge in [0.1, 0.15) is 6.04 Å². The molecule has 0 saturated heterocycles. The summed E-state index contributed by atoms with van der Waals surface area (Å²) in [5.41, 5.74) is 2.80. The van der Waals surface area contributed by atoms with Gasteiger partial charge in [-0.25, -0.2) is 0 Å². The smallest absolute Gasteiger partial charge is 0.241 e. The van der Waals surface area contributed by atoms with Gasteiger partial charge in [0, 0.05) is 12.1 Å². The first-order valence-corrected chi connectivity index (χ1v) is 10.6. The summed E-state index contributed by atoms with van der Waals surface area (Å²) in [5.74, 6) is 1.14. The van der Waals surface area contributed by atoms with Crippen LogP contribution in [-0.2, 0) is 4.79 Å². The van der Waals surface area contributed by atoms with Gasteiger partial charge in [0.15, 0.2) is 11.5 Å². The standard InChI is InChI=1S/C26H27ClN2O3/c1-28-26(30)25(19-7-5-4-6-8-19)29-22(15-11-18-9-13-21(27)14-10-18)20-12-16-23(31-2)24(17-20)32-3/h4-17,22,25,29H,1-3H3,(H,28,30)/b15-11+/t22-,25+/m0/s1. The predicted molar refractivity (Wildman–Crippen MR) is 129 cm³/mol. The number of hydrogen-bond donors (Lipinski definition) is 2. The Kier molecular flexibility index (Phi) is 8.31. The number of rotatable bonds is 9. The van der Waals surface area contributed by atoms with Crippen molar-refractivity contribution in [2.24, 2.45) is 0 Å². The maximum Gasteiger partial charge on any atom is 0.241 e. The van der Waals surface area contributed by atoms with E-state index in [1.165, 1.54) is 0 Å². The van der Waals surface area contributed by atoms with Crippen molar-refractivity contribution in [3.8, 4) is 11.5 Å². The lowest BCUT2D eigenvalue weighted by Gasteiger charge is -2.24. The minimum atomic E-state index is -0.547. The maximum atomic E-state index is 12.8. The fraction of sp³-hybridized carbons (Fsp3) is 0.192. The predicted octanol–water partition coefficient (Wildman–Crippen LogP) is 5.19. The molecule has 0 aliphatic carbocycles. The molecule has 0 fully saturated rings. The van der Waals surface area contributed by atoms with Crippen LogP contribution in [0.25, 0.3) is 6.08 Å². The molecule has 166 valence electrons. The van der Waals surface area contributed by atoms with Crippen molar-refractivity contribution in [3.63, 3.8) is 0 Å². The molecule has 0 bridgehead atoms. The third-order valence-corrected chi connectivity index (χ3v) is 5.36. The molecule has 0 saturated carbocycles. The zero-order valence-electron chi connectivity index (χ0n) is 18.3. The molecule has 6 heteroatoms. The lowest BCUT2D eigenvalue weighted by molar-refractivity contribution is -0.122. The highest BCUT2D eigenvalue weighted by Gasteiger charge is 2.23. The largest absolute Gasteiger partial charge is 0.493 e. The highest BCUT2D eigenvalue weighted by Crippen LogP contribution is 2.32. The summed E-state index contributed by atoms with van der Waals surface area (Å²) in [7, 11) is 4.84. The summed E-state index contributed by atoms with van der Waals surface area (Å²) >= 11 is 6.01. The van der Waals surface area contributed by atoms with Gasteiger partial charge in [0.05, 0.1) is 20.3 Å². The van der Waals surface area contributed by atoms with Crippen LogP contribution in [0.3, 0.4) is 0 Å². The number of hydrogen-bond acceptors (Lipinski definition) is 4. The fourth-order valence-corrected chi connectivity index (χ4v) is 3.51. The topological polar surface area (TPSA) is 59.6 Å². The second-order valence-corrected chi connectivity index (χ2v) is 7.56. The Morgan fingerprint density at radius 1 is 0.906 bits per heavy atom. The Morgan fingerprint density at radius 3 is 2.22 bits per heavy atom. The summed E-state index contributed by atoms with van der Waals surface area (Å²) < 4.78 is 10.9. The number of nitrogens with one attached hydrogen (secondary N) is 2. The van der Waals surface area contributed by atoms with E-state index < -0.39 is 6.04 Å². The van der Waals surface area contributed by atoms with E-state index in [1.54, 1.807) is 21.3 Å². The second kappa shape index (κ2) is 11.4. The molecule has 0 aromatic heterocycles. The highest BCUT2D eigenvalue weighted by molar-refractivity contribution is 6.30. The first-order chi connectivity index (χ1) is 15.5. The number of amides is 1. The zero-order valence-corrected chi connectivity index (χ0v) is 19.1. The molecule has 0 radical (unpaired) electrons. The van der Waals surface area contributed by atoms with Gasteiger partial charge in [-0.2, -0.15) is 0 Å². The summed E-state index contributed by atoms with van der Waals surface area (Å²) in [6, 6.07) is 22.1. The van der Waals surface area contributed by atoms with Gasteiger partial charge < -0.3 is 14.8 Å². The van der Waals surface area contributed by atoms with E-state index in [0.717, 1.165) is 16.7 Å². The summed E-state index contributed by atoms with van der Waals surface area (Å²) in [6.45, 7) is 0. The zero-order chi connectivity index (χ0) is 22.9. The van der Waals surface area contributed by atoms with Crippen molar-refractivity contribution < 1.29 is 14.3 Å². The van der Waals surface area contributed by atoms with Crippen LogP contribution in [0, 0.1) is 0 Å². The van der Waals surface area contributed by atoms with Crippen molar-refractivity contribution in [1.82, 2.24) is 10.6 Å². The summed E-state index contributed by atoms with van der Waals surface area (Å²) in [6.07, 6.45) is 4.01. The Balaban J connectivity index is 2.00. The maximum absolute atomic E-state index is 12.8. The molecule has 0 aliphatic heterocycles. The number of benzene rings is 3. The fourth-order valence-electron chi connectivity index (χ4n) is 3.38. The third kappa shape index (κ3) is 5.90. The molecule has 5 nitrogen and oxygen atoms in total. The van der Waals surface area contributed by atoms with Crippen LogP contribution in [0.5, 0.6) is 11.5 Å². The van der Waals surface area contributed by atoms with Crippen LogP contribution in [0.4, 0.5) is 0 Å². The summed E-state index contributed by atoms with van der Waals surface area (Å²) in [5, 5.41) is 6.92. The third-order valence-electron chi connectivity index (χ3n) is 5.11. The number of methoxy groups -OCH3 is 2. The van der Waals surface area contributed by atoms with E-state index in [9.17, 15) is 4.79 Å². The Morgan fingerprint density at radius 2 is 1.59 bits per heavy atom. The van der Waals surface area contributed by atoms with Crippen molar-refractivity contribution in [2.75, 3.05) is 21.3 Å². The number of halogens is 1. The van der Waals surface area contributed by atoms with Gasteiger partial charge in [0.2, 0.25) is 5.91 Å². The van der Waals surface area contributed by atoms with Crippen LogP contribution in [0.1, 0.15) is 28.8 Å². The number of carbonyl (C=O) groups is 1. The highest BCUT2D eigenvalue weighted by atomic mass is 35.5. The molecule has 3 rings (SSSR count). The summed E-state index contributed by atoms with van der Waals surface area (Å²) in [4.78, 5) is 12.8. The molecule has 2 atom stereocenters. The van der Waals surface area contributed by atoms with Crippen LogP contribution >= 0.6 is 11.6 Å². The number of likely N-dealkylation sites (N-methyl/N-ethyl adjacent to an activating group) is 1. The minimum absolute atomic E-state index is 0.124. The van der Waals surface area contributed by atoms with Crippen molar-refractivity contribution in [1.29, 1.82) is 0 Å². The van der Waals surface area contributed by atoms with Crippen LogP contribution in [0.2, 0.25) is 5.02 Å². The van der Waals surface area contributed by atoms with Crippen molar-refractivity contribution >= 4 is 23.6 Å². The average molecular weight is 451 g/mol. The molecule has 3 aromatic rings. The SMILES string of the molecule is CNC(=O)[C@H](N[C@@H](/C=C/c1ccc(Cl)cc1)c1ccc(OC)c(OC)c1)c1ccccc1. The van der Waals surface area contributed by atoms with Crippen LogP contribution in [0.15, 0.2) is 78.9 Å². The first-order valence-electron chi connectivity index (χ1n) is 10.2. The molecule has 0 unspecified atom stereocenters. The van der Waals surface area contributed by atoms with Crippen molar-refractivity contribution in [2.45, 2.75) is 12.1 Å². The van der Waals surface area contributed by atoms with E-state index in [4.69, 9.17) is 21.1 Å². The van der Waals surface area contributed by atoms with Gasteiger partial charge in [0.25, 0.3) is 0 Å². The van der Waals surface area contributed by atoms with Gasteiger partial charge in [-0.3, -0.25) is 10.1 Å². The van der Waals surface area contributed by atoms with E-state index in [2.05, 4.69) is 10.6 Å². The molecular weight excluding hydrogens is 424 g/mol. The van der Waals surface area contributed by atoms with Gasteiger partial charge in [-0.05, 0) is 41.0 Å². The average Bonchev–Trinajstić information content (AvgIpc) is 2.85. The molecule has 1 amide bonds. The Bertz CT molecular complexity index is 1050. The van der Waals surface area contributed by atoms with Crippen molar-refractivity contribution in [3.05, 3.63) is 101 Å². The van der Waals surface area contributed by atoms with Gasteiger partial charge in [-0.15, -0.1) is 0 Å². The van der Waals surface area contributed by atoms with Crippen LogP contribution in [-0.4, -0.2) is 27.2 Å². The normalized spacial score (nSPS) is 12.9. The lowest BCUT2D eigenvalue weighted by Crippen LogP contribution is -2.37. The first kappa shape index (κ1) is 23.4.